The first kappa shape index (κ1) is 25.7. The third-order valence-corrected chi connectivity index (χ3v) is 6.22. The van der Waals surface area contributed by atoms with E-state index in [0.717, 1.165) is 30.7 Å². The van der Waals surface area contributed by atoms with Crippen molar-refractivity contribution < 1.29 is 9.53 Å². The van der Waals surface area contributed by atoms with Crippen LogP contribution in [0, 0.1) is 19.8 Å². The van der Waals surface area contributed by atoms with Crippen molar-refractivity contribution in [2.75, 3.05) is 19.8 Å². The van der Waals surface area contributed by atoms with Gasteiger partial charge in [0.15, 0.2) is 0 Å². The van der Waals surface area contributed by atoms with Gasteiger partial charge in [0.25, 0.3) is 5.91 Å². The third kappa shape index (κ3) is 7.29. The largest absolute Gasteiger partial charge is 0.381 e. The van der Waals surface area contributed by atoms with Crippen molar-refractivity contribution in [3.63, 3.8) is 0 Å². The van der Waals surface area contributed by atoms with Gasteiger partial charge < -0.3 is 10.1 Å². The average Bonchev–Trinajstić information content (AvgIpc) is 3.32. The van der Waals surface area contributed by atoms with Crippen molar-refractivity contribution in [2.45, 2.75) is 59.8 Å². The summed E-state index contributed by atoms with van der Waals surface area (Å²) in [5, 5.41) is 3.00. The zero-order valence-corrected chi connectivity index (χ0v) is 21.1. The van der Waals surface area contributed by atoms with Crippen LogP contribution in [0.15, 0.2) is 55.0 Å². The molecule has 1 heterocycles. The fourth-order valence-electron chi connectivity index (χ4n) is 4.24. The standard InChI is InChI=1S/C29H39N3O2/c1-5-7-9-24(6-2)20-34-15-8-14-31-29(33)28-19-30-21-32(28)27-12-10-25(11-13-27)26-17-22(3)16-23(4)18-26/h10-13,16-19,21,24H,5-9,14-15,20H2,1-4H3,(H,31,33). The summed E-state index contributed by atoms with van der Waals surface area (Å²) in [7, 11) is 0. The number of nitrogens with one attached hydrogen (secondary N) is 1. The molecule has 0 bridgehead atoms. The van der Waals surface area contributed by atoms with Crippen LogP contribution in [0.3, 0.4) is 0 Å². The van der Waals surface area contributed by atoms with Crippen molar-refractivity contribution in [1.29, 1.82) is 0 Å². The molecular formula is C29H39N3O2. The number of imidazole rings is 1. The van der Waals surface area contributed by atoms with Gasteiger partial charge in [-0.15, -0.1) is 0 Å². The number of unbranched alkanes of at least 4 members (excludes halogenated alkanes) is 1. The minimum absolute atomic E-state index is 0.120. The summed E-state index contributed by atoms with van der Waals surface area (Å²) in [6, 6.07) is 14.8. The number of nitrogens with zero attached hydrogens (tertiary/aromatic N) is 2. The predicted molar refractivity (Wildman–Crippen MR) is 140 cm³/mol. The molecule has 0 saturated carbocycles. The molecule has 0 aliphatic carbocycles. The van der Waals surface area contributed by atoms with Gasteiger partial charge in [-0.2, -0.15) is 0 Å². The first-order valence-electron chi connectivity index (χ1n) is 12.6. The van der Waals surface area contributed by atoms with E-state index in [0.29, 0.717) is 24.8 Å². The second kappa shape index (κ2) is 13.1. The highest BCUT2D eigenvalue weighted by atomic mass is 16.5. The van der Waals surface area contributed by atoms with Gasteiger partial charge in [-0.3, -0.25) is 9.36 Å². The van der Waals surface area contributed by atoms with E-state index in [2.05, 4.69) is 68.3 Å². The highest BCUT2D eigenvalue weighted by molar-refractivity contribution is 5.93. The molecule has 34 heavy (non-hydrogen) atoms. The molecule has 1 atom stereocenters. The van der Waals surface area contributed by atoms with E-state index in [4.69, 9.17) is 4.74 Å². The van der Waals surface area contributed by atoms with E-state index in [-0.39, 0.29) is 5.91 Å². The summed E-state index contributed by atoms with van der Waals surface area (Å²) in [6.45, 7) is 10.7. The molecule has 1 aromatic heterocycles. The van der Waals surface area contributed by atoms with E-state index in [1.54, 1.807) is 12.5 Å². The fraction of sp³-hybridized carbons (Fsp3) is 0.448. The number of aryl methyl sites for hydroxylation is 2. The number of carbonyl (C=O) groups excluding carboxylic acids is 1. The lowest BCUT2D eigenvalue weighted by Crippen LogP contribution is -2.27. The van der Waals surface area contributed by atoms with Crippen molar-refractivity contribution in [2.24, 2.45) is 5.92 Å². The molecule has 182 valence electrons. The minimum atomic E-state index is -0.120. The van der Waals surface area contributed by atoms with Crippen molar-refractivity contribution in [1.82, 2.24) is 14.9 Å². The first-order chi connectivity index (χ1) is 16.5. The van der Waals surface area contributed by atoms with Crippen molar-refractivity contribution in [3.8, 4) is 16.8 Å². The lowest BCUT2D eigenvalue weighted by Gasteiger charge is -2.14. The average molecular weight is 462 g/mol. The third-order valence-electron chi connectivity index (χ3n) is 6.22. The van der Waals surface area contributed by atoms with E-state index >= 15 is 0 Å². The normalized spacial score (nSPS) is 12.0. The lowest BCUT2D eigenvalue weighted by molar-refractivity contribution is 0.0872. The monoisotopic (exact) mass is 461 g/mol. The molecule has 0 aliphatic heterocycles. The van der Waals surface area contributed by atoms with Crippen LogP contribution >= 0.6 is 0 Å². The number of aromatic nitrogens is 2. The SMILES string of the molecule is CCCCC(CC)COCCCNC(=O)c1cncn1-c1ccc(-c2cc(C)cc(C)c2)cc1. The van der Waals surface area contributed by atoms with Gasteiger partial charge >= 0.3 is 0 Å². The highest BCUT2D eigenvalue weighted by Crippen LogP contribution is 2.24. The second-order valence-electron chi connectivity index (χ2n) is 9.17. The molecule has 0 radical (unpaired) electrons. The summed E-state index contributed by atoms with van der Waals surface area (Å²) in [4.78, 5) is 17.0. The first-order valence-corrected chi connectivity index (χ1v) is 12.6. The Balaban J connectivity index is 1.51. The maximum absolute atomic E-state index is 12.8. The van der Waals surface area contributed by atoms with Gasteiger partial charge in [0.05, 0.1) is 12.5 Å². The van der Waals surface area contributed by atoms with E-state index in [1.807, 2.05) is 16.7 Å². The van der Waals surface area contributed by atoms with Crippen molar-refractivity contribution in [3.05, 3.63) is 71.8 Å². The summed E-state index contributed by atoms with van der Waals surface area (Å²) in [5.41, 5.74) is 6.30. The molecule has 0 aliphatic rings. The molecule has 0 fully saturated rings. The zero-order valence-electron chi connectivity index (χ0n) is 21.1. The number of hydrogen-bond donors (Lipinski definition) is 1. The molecule has 5 heteroatoms. The van der Waals surface area contributed by atoms with Crippen LogP contribution in [0.25, 0.3) is 16.8 Å². The fourth-order valence-corrected chi connectivity index (χ4v) is 4.24. The van der Waals surface area contributed by atoms with Crippen LogP contribution in [0.5, 0.6) is 0 Å². The van der Waals surface area contributed by atoms with Gasteiger partial charge in [-0.1, -0.05) is 74.6 Å². The predicted octanol–water partition coefficient (Wildman–Crippen LogP) is 6.51. The number of hydrogen-bond acceptors (Lipinski definition) is 3. The van der Waals surface area contributed by atoms with Gasteiger partial charge in [0.1, 0.15) is 5.69 Å². The summed E-state index contributed by atoms with van der Waals surface area (Å²) >= 11 is 0. The summed E-state index contributed by atoms with van der Waals surface area (Å²) in [5.74, 6) is 0.524. The van der Waals surface area contributed by atoms with Crippen LogP contribution in [0.4, 0.5) is 0 Å². The van der Waals surface area contributed by atoms with Crippen molar-refractivity contribution >= 4 is 5.91 Å². The van der Waals surface area contributed by atoms with E-state index < -0.39 is 0 Å². The maximum atomic E-state index is 12.8. The molecular weight excluding hydrogens is 422 g/mol. The second-order valence-corrected chi connectivity index (χ2v) is 9.17. The smallest absolute Gasteiger partial charge is 0.269 e. The van der Waals surface area contributed by atoms with Crippen LogP contribution in [-0.2, 0) is 4.74 Å². The Bertz CT molecular complexity index is 1020. The van der Waals surface area contributed by atoms with E-state index in [9.17, 15) is 4.79 Å². The van der Waals surface area contributed by atoms with Crippen LogP contribution in [0.2, 0.25) is 0 Å². The molecule has 0 saturated heterocycles. The van der Waals surface area contributed by atoms with Gasteiger partial charge in [-0.05, 0) is 55.9 Å². The Morgan fingerprint density at radius 1 is 1.03 bits per heavy atom. The van der Waals surface area contributed by atoms with Gasteiger partial charge in [0.2, 0.25) is 0 Å². The maximum Gasteiger partial charge on any atom is 0.269 e. The number of amides is 1. The van der Waals surface area contributed by atoms with Crippen LogP contribution < -0.4 is 5.32 Å². The number of carbonyl (C=O) groups is 1. The molecule has 3 rings (SSSR count). The number of ether oxygens (including phenoxy) is 1. The summed E-state index contributed by atoms with van der Waals surface area (Å²) < 4.78 is 7.67. The van der Waals surface area contributed by atoms with Gasteiger partial charge in [0, 0.05) is 25.4 Å². The molecule has 5 nitrogen and oxygen atoms in total. The minimum Gasteiger partial charge on any atom is -0.381 e. The molecule has 1 N–H and O–H groups in total. The highest BCUT2D eigenvalue weighted by Gasteiger charge is 2.13. The van der Waals surface area contributed by atoms with Crippen LogP contribution in [0.1, 0.15) is 67.6 Å². The zero-order chi connectivity index (χ0) is 24.3. The topological polar surface area (TPSA) is 56.1 Å². The molecule has 1 unspecified atom stereocenters. The number of rotatable bonds is 13. The molecule has 1 amide bonds. The van der Waals surface area contributed by atoms with E-state index in [1.165, 1.54) is 36.0 Å². The Labute approximate surface area is 204 Å². The Hall–Kier alpha value is -2.92. The quantitative estimate of drug-likeness (QED) is 0.295. The molecule has 0 spiro atoms. The lowest BCUT2D eigenvalue weighted by atomic mass is 10.0. The Morgan fingerprint density at radius 3 is 2.44 bits per heavy atom. The molecule has 3 aromatic rings. The molecule has 2 aromatic carbocycles. The Kier molecular flexibility index (Phi) is 9.89. The number of benzene rings is 2. The Morgan fingerprint density at radius 2 is 1.76 bits per heavy atom. The summed E-state index contributed by atoms with van der Waals surface area (Å²) in [6.07, 6.45) is 8.99. The van der Waals surface area contributed by atoms with Gasteiger partial charge in [-0.25, -0.2) is 4.98 Å². The van der Waals surface area contributed by atoms with Crippen LogP contribution in [-0.4, -0.2) is 35.2 Å².